The summed E-state index contributed by atoms with van der Waals surface area (Å²) in [4.78, 5) is 10.8. The van der Waals surface area contributed by atoms with Crippen molar-refractivity contribution in [2.75, 3.05) is 0 Å². The maximum absolute atomic E-state index is 12.0. The van der Waals surface area contributed by atoms with Crippen LogP contribution in [-0.4, -0.2) is 30.5 Å². The van der Waals surface area contributed by atoms with E-state index in [4.69, 9.17) is 4.74 Å². The molecule has 1 saturated heterocycles. The zero-order chi connectivity index (χ0) is 11.6. The molecule has 0 aromatic heterocycles. The van der Waals surface area contributed by atoms with Crippen molar-refractivity contribution in [3.05, 3.63) is 0 Å². The number of alkyl halides is 3. The zero-order valence-corrected chi connectivity index (χ0v) is 8.50. The quantitative estimate of drug-likeness (QED) is 0.691. The molecule has 0 aromatic carbocycles. The summed E-state index contributed by atoms with van der Waals surface area (Å²) in [5, 5.41) is 0. The molecule has 15 heavy (non-hydrogen) atoms. The van der Waals surface area contributed by atoms with Crippen molar-refractivity contribution in [1.29, 1.82) is 0 Å². The van der Waals surface area contributed by atoms with Gasteiger partial charge in [0.05, 0.1) is 6.10 Å². The molecule has 1 aliphatic heterocycles. The first-order valence-corrected chi connectivity index (χ1v) is 4.76. The first kappa shape index (κ1) is 12.3. The van der Waals surface area contributed by atoms with Crippen LogP contribution in [0.25, 0.3) is 0 Å². The first-order valence-electron chi connectivity index (χ1n) is 4.76. The van der Waals surface area contributed by atoms with Gasteiger partial charge in [-0.3, -0.25) is 4.79 Å². The second-order valence-electron chi connectivity index (χ2n) is 3.49. The van der Waals surface area contributed by atoms with Crippen molar-refractivity contribution in [3.63, 3.8) is 0 Å². The highest BCUT2D eigenvalue weighted by molar-refractivity contribution is 5.69. The third kappa shape index (κ3) is 3.09. The zero-order valence-electron chi connectivity index (χ0n) is 8.50. The van der Waals surface area contributed by atoms with Crippen LogP contribution in [0.2, 0.25) is 0 Å². The maximum atomic E-state index is 12.0. The van der Waals surface area contributed by atoms with Crippen LogP contribution in [0.15, 0.2) is 0 Å². The molecule has 88 valence electrons. The van der Waals surface area contributed by atoms with Gasteiger partial charge >= 0.3 is 12.1 Å². The Bertz CT molecular complexity index is 233. The summed E-state index contributed by atoms with van der Waals surface area (Å²) in [7, 11) is 0. The van der Waals surface area contributed by atoms with Crippen molar-refractivity contribution >= 4 is 5.97 Å². The summed E-state index contributed by atoms with van der Waals surface area (Å²) in [6, 6.07) is 0. The van der Waals surface area contributed by atoms with Gasteiger partial charge < -0.3 is 9.47 Å². The van der Waals surface area contributed by atoms with E-state index in [-0.39, 0.29) is 12.8 Å². The number of rotatable bonds is 3. The predicted molar refractivity (Wildman–Crippen MR) is 45.2 cm³/mol. The number of ether oxygens (including phenoxy) is 2. The first-order chi connectivity index (χ1) is 6.84. The number of esters is 1. The minimum Gasteiger partial charge on any atom is -0.460 e. The molecule has 3 atom stereocenters. The normalized spacial score (nSPS) is 28.1. The van der Waals surface area contributed by atoms with E-state index in [0.717, 1.165) is 0 Å². The number of halogens is 3. The molecule has 0 N–H and O–H groups in total. The van der Waals surface area contributed by atoms with E-state index < -0.39 is 30.5 Å². The Morgan fingerprint density at radius 3 is 2.53 bits per heavy atom. The van der Waals surface area contributed by atoms with Crippen LogP contribution in [0.5, 0.6) is 0 Å². The lowest BCUT2D eigenvalue weighted by atomic mass is 10.0. The summed E-state index contributed by atoms with van der Waals surface area (Å²) in [5.41, 5.74) is 0. The van der Waals surface area contributed by atoms with E-state index in [0.29, 0.717) is 0 Å². The molecule has 1 aliphatic rings. The molecule has 0 aliphatic carbocycles. The van der Waals surface area contributed by atoms with Crippen molar-refractivity contribution in [1.82, 2.24) is 0 Å². The second-order valence-corrected chi connectivity index (χ2v) is 3.49. The lowest BCUT2D eigenvalue weighted by Gasteiger charge is -2.39. The van der Waals surface area contributed by atoms with Crippen molar-refractivity contribution < 1.29 is 27.4 Å². The van der Waals surface area contributed by atoms with Gasteiger partial charge in [0.1, 0.15) is 6.10 Å². The molecular formula is C9H13F3O3. The van der Waals surface area contributed by atoms with Gasteiger partial charge in [-0.25, -0.2) is 0 Å². The molecule has 0 aromatic rings. The third-order valence-corrected chi connectivity index (χ3v) is 2.28. The smallest absolute Gasteiger partial charge is 0.414 e. The molecular weight excluding hydrogens is 213 g/mol. The number of carbonyl (C=O) groups is 1. The molecule has 0 bridgehead atoms. The summed E-state index contributed by atoms with van der Waals surface area (Å²) in [6.45, 7) is 3.15. The summed E-state index contributed by atoms with van der Waals surface area (Å²) in [6.07, 6.45) is -7.19. The fourth-order valence-corrected chi connectivity index (χ4v) is 1.29. The van der Waals surface area contributed by atoms with E-state index in [1.54, 1.807) is 6.92 Å². The fraction of sp³-hybridized carbons (Fsp3) is 0.889. The largest absolute Gasteiger partial charge is 0.460 e. The molecule has 1 rings (SSSR count). The fourth-order valence-electron chi connectivity index (χ4n) is 1.29. The Hall–Kier alpha value is -0.780. The van der Waals surface area contributed by atoms with Crippen LogP contribution in [-0.2, 0) is 14.3 Å². The number of hydrogen-bond acceptors (Lipinski definition) is 3. The van der Waals surface area contributed by atoms with Crippen molar-refractivity contribution in [3.8, 4) is 0 Å². The van der Waals surface area contributed by atoms with Gasteiger partial charge in [0.2, 0.25) is 0 Å². The highest BCUT2D eigenvalue weighted by Crippen LogP contribution is 2.36. The third-order valence-electron chi connectivity index (χ3n) is 2.28. The lowest BCUT2D eigenvalue weighted by molar-refractivity contribution is -0.299. The molecule has 1 fully saturated rings. The van der Waals surface area contributed by atoms with Gasteiger partial charge in [-0.2, -0.15) is 13.2 Å². The maximum Gasteiger partial charge on any atom is 0.414 e. The molecule has 0 spiro atoms. The monoisotopic (exact) mass is 226 g/mol. The Kier molecular flexibility index (Phi) is 3.59. The predicted octanol–water partition coefficient (Wildman–Crippen LogP) is 2.05. The van der Waals surface area contributed by atoms with Gasteiger partial charge in [-0.15, -0.1) is 0 Å². The average Bonchev–Trinajstić information content (AvgIpc) is 1.98. The Labute approximate surface area is 85.5 Å². The number of carbonyl (C=O) groups excluding carboxylic acids is 1. The molecule has 1 heterocycles. The SMILES string of the molecule is CCC(=O)OC(C)C1CC(C(F)(F)F)O1. The van der Waals surface area contributed by atoms with Crippen LogP contribution in [0, 0.1) is 0 Å². The Morgan fingerprint density at radius 1 is 1.60 bits per heavy atom. The van der Waals surface area contributed by atoms with Crippen LogP contribution in [0.4, 0.5) is 13.2 Å². The lowest BCUT2D eigenvalue weighted by Crippen LogP contribution is -2.52. The van der Waals surface area contributed by atoms with Gasteiger partial charge in [-0.05, 0) is 6.92 Å². The molecule has 6 heteroatoms. The summed E-state index contributed by atoms with van der Waals surface area (Å²) in [5.74, 6) is -0.429. The number of hydrogen-bond donors (Lipinski definition) is 0. The Morgan fingerprint density at radius 2 is 2.13 bits per heavy atom. The highest BCUT2D eigenvalue weighted by atomic mass is 19.4. The van der Waals surface area contributed by atoms with E-state index in [9.17, 15) is 18.0 Å². The molecule has 0 amide bonds. The minimum atomic E-state index is -4.31. The molecule has 3 unspecified atom stereocenters. The molecule has 0 saturated carbocycles. The van der Waals surface area contributed by atoms with Crippen LogP contribution >= 0.6 is 0 Å². The van der Waals surface area contributed by atoms with Gasteiger partial charge in [-0.1, -0.05) is 6.92 Å². The minimum absolute atomic E-state index is 0.137. The Balaban J connectivity index is 2.29. The van der Waals surface area contributed by atoms with E-state index in [2.05, 4.69) is 4.74 Å². The summed E-state index contributed by atoms with van der Waals surface area (Å²) < 4.78 is 45.5. The van der Waals surface area contributed by atoms with Crippen LogP contribution in [0.1, 0.15) is 26.7 Å². The average molecular weight is 226 g/mol. The molecule has 3 nitrogen and oxygen atoms in total. The van der Waals surface area contributed by atoms with Crippen LogP contribution in [0.3, 0.4) is 0 Å². The van der Waals surface area contributed by atoms with E-state index in [1.165, 1.54) is 6.92 Å². The van der Waals surface area contributed by atoms with Crippen molar-refractivity contribution in [2.24, 2.45) is 0 Å². The van der Waals surface area contributed by atoms with E-state index >= 15 is 0 Å². The van der Waals surface area contributed by atoms with Gasteiger partial charge in [0.25, 0.3) is 0 Å². The van der Waals surface area contributed by atoms with Crippen LogP contribution < -0.4 is 0 Å². The second kappa shape index (κ2) is 4.38. The van der Waals surface area contributed by atoms with Gasteiger partial charge in [0.15, 0.2) is 6.10 Å². The highest BCUT2D eigenvalue weighted by Gasteiger charge is 2.51. The van der Waals surface area contributed by atoms with Crippen molar-refractivity contribution in [2.45, 2.75) is 51.2 Å². The van der Waals surface area contributed by atoms with E-state index in [1.807, 2.05) is 0 Å². The van der Waals surface area contributed by atoms with Gasteiger partial charge in [0, 0.05) is 12.8 Å². The standard InChI is InChI=1S/C9H13F3O3/c1-3-8(13)14-5(2)6-4-7(15-6)9(10,11)12/h5-7H,3-4H2,1-2H3. The topological polar surface area (TPSA) is 35.5 Å². The molecule has 0 radical (unpaired) electrons. The summed E-state index contributed by atoms with van der Waals surface area (Å²) >= 11 is 0.